The van der Waals surface area contributed by atoms with Gasteiger partial charge in [0.1, 0.15) is 5.41 Å². The number of hydrogen-bond donors (Lipinski definition) is 0. The van der Waals surface area contributed by atoms with Gasteiger partial charge in [-0.15, -0.1) is 0 Å². The molecule has 0 aromatic heterocycles. The fraction of sp³-hybridized carbons (Fsp3) is 0.714. The molecule has 18 heavy (non-hydrogen) atoms. The van der Waals surface area contributed by atoms with E-state index in [-0.39, 0.29) is 11.8 Å². The van der Waals surface area contributed by atoms with E-state index in [4.69, 9.17) is 0 Å². The number of hydrogen-bond acceptors (Lipinski definition) is 2. The van der Waals surface area contributed by atoms with Crippen molar-refractivity contribution in [1.29, 1.82) is 0 Å². The molecule has 0 fully saturated rings. The van der Waals surface area contributed by atoms with Crippen molar-refractivity contribution in [1.82, 2.24) is 9.80 Å². The van der Waals surface area contributed by atoms with Gasteiger partial charge < -0.3 is 9.80 Å². The van der Waals surface area contributed by atoms with Crippen LogP contribution in [0.3, 0.4) is 0 Å². The second-order valence-corrected chi connectivity index (χ2v) is 5.50. The molecule has 1 aliphatic carbocycles. The Balaban J connectivity index is 3.20. The van der Waals surface area contributed by atoms with Gasteiger partial charge in [0.25, 0.3) is 0 Å². The molecule has 0 aromatic carbocycles. The van der Waals surface area contributed by atoms with Crippen LogP contribution in [-0.2, 0) is 9.59 Å². The Bertz CT molecular complexity index is 350. The number of amides is 2. The summed E-state index contributed by atoms with van der Waals surface area (Å²) in [5, 5.41) is 0. The normalized spacial score (nSPS) is 15.9. The molecule has 2 amide bonds. The summed E-state index contributed by atoms with van der Waals surface area (Å²) in [7, 11) is 6.81. The monoisotopic (exact) mass is 252 g/mol. The van der Waals surface area contributed by atoms with Crippen LogP contribution in [0, 0.1) is 5.41 Å². The summed E-state index contributed by atoms with van der Waals surface area (Å²) >= 11 is 0. The standard InChI is InChI=1S/C14H24N2O2/c1-14(12(17)15(2)3,13(18)16(4)5)11-9-7-6-8-10-11/h9H,6-8,10H2,1-5H3. The Labute approximate surface area is 110 Å². The molecule has 0 saturated heterocycles. The maximum atomic E-state index is 12.4. The molecule has 4 heteroatoms. The van der Waals surface area contributed by atoms with Crippen LogP contribution in [0.4, 0.5) is 0 Å². The molecule has 0 aromatic rings. The molecule has 0 aliphatic heterocycles. The molecule has 0 bridgehead atoms. The van der Waals surface area contributed by atoms with E-state index in [2.05, 4.69) is 6.08 Å². The van der Waals surface area contributed by atoms with E-state index in [1.165, 1.54) is 9.80 Å². The Hall–Kier alpha value is -1.32. The van der Waals surface area contributed by atoms with Crippen LogP contribution in [0.25, 0.3) is 0 Å². The van der Waals surface area contributed by atoms with Crippen LogP contribution in [-0.4, -0.2) is 49.8 Å². The zero-order chi connectivity index (χ0) is 13.9. The van der Waals surface area contributed by atoms with Gasteiger partial charge in [0.15, 0.2) is 0 Å². The first kappa shape index (κ1) is 14.7. The molecular weight excluding hydrogens is 228 g/mol. The largest absolute Gasteiger partial charge is 0.348 e. The number of nitrogens with zero attached hydrogens (tertiary/aromatic N) is 2. The lowest BCUT2D eigenvalue weighted by Crippen LogP contribution is -2.50. The van der Waals surface area contributed by atoms with Gasteiger partial charge in [-0.25, -0.2) is 0 Å². The molecule has 0 radical (unpaired) electrons. The van der Waals surface area contributed by atoms with E-state index >= 15 is 0 Å². The molecule has 0 heterocycles. The summed E-state index contributed by atoms with van der Waals surface area (Å²) in [5.74, 6) is -0.260. The average Bonchev–Trinajstić information content (AvgIpc) is 2.36. The molecule has 0 N–H and O–H groups in total. The van der Waals surface area contributed by atoms with Gasteiger partial charge >= 0.3 is 0 Å². The topological polar surface area (TPSA) is 40.6 Å². The first-order chi connectivity index (χ1) is 8.31. The summed E-state index contributed by atoms with van der Waals surface area (Å²) in [6, 6.07) is 0. The van der Waals surface area contributed by atoms with Crippen molar-refractivity contribution < 1.29 is 9.59 Å². The minimum atomic E-state index is -1.03. The summed E-state index contributed by atoms with van der Waals surface area (Å²) in [6.45, 7) is 1.76. The van der Waals surface area contributed by atoms with Crippen LogP contribution in [0.2, 0.25) is 0 Å². The Morgan fingerprint density at radius 3 is 1.89 bits per heavy atom. The Kier molecular flexibility index (Phi) is 4.54. The molecule has 0 atom stereocenters. The van der Waals surface area contributed by atoms with Crippen molar-refractivity contribution in [3.8, 4) is 0 Å². The van der Waals surface area contributed by atoms with Crippen molar-refractivity contribution >= 4 is 11.8 Å². The van der Waals surface area contributed by atoms with Gasteiger partial charge in [0.2, 0.25) is 11.8 Å². The van der Waals surface area contributed by atoms with Crippen LogP contribution >= 0.6 is 0 Å². The number of rotatable bonds is 3. The molecule has 1 aliphatic rings. The Morgan fingerprint density at radius 2 is 1.56 bits per heavy atom. The van der Waals surface area contributed by atoms with E-state index in [0.717, 1.165) is 31.3 Å². The quantitative estimate of drug-likeness (QED) is 0.566. The van der Waals surface area contributed by atoms with Crippen molar-refractivity contribution in [3.63, 3.8) is 0 Å². The highest BCUT2D eigenvalue weighted by Gasteiger charge is 2.46. The van der Waals surface area contributed by atoms with Gasteiger partial charge in [0, 0.05) is 28.2 Å². The van der Waals surface area contributed by atoms with E-state index in [1.54, 1.807) is 35.1 Å². The fourth-order valence-electron chi connectivity index (χ4n) is 2.55. The van der Waals surface area contributed by atoms with Crippen molar-refractivity contribution in [2.45, 2.75) is 32.6 Å². The second kappa shape index (κ2) is 5.55. The first-order valence-corrected chi connectivity index (χ1v) is 6.44. The molecule has 1 rings (SSSR count). The molecule has 4 nitrogen and oxygen atoms in total. The Morgan fingerprint density at radius 1 is 1.06 bits per heavy atom. The van der Waals surface area contributed by atoms with Crippen LogP contribution < -0.4 is 0 Å². The lowest BCUT2D eigenvalue weighted by atomic mass is 9.75. The van der Waals surface area contributed by atoms with E-state index < -0.39 is 5.41 Å². The highest BCUT2D eigenvalue weighted by Crippen LogP contribution is 2.37. The van der Waals surface area contributed by atoms with Crippen molar-refractivity contribution in [2.24, 2.45) is 5.41 Å². The SMILES string of the molecule is CN(C)C(=O)C(C)(C(=O)N(C)C)C1=CCCCC1. The summed E-state index contributed by atoms with van der Waals surface area (Å²) in [5.41, 5.74) is -0.0564. The van der Waals surface area contributed by atoms with Gasteiger partial charge in [-0.1, -0.05) is 6.08 Å². The average molecular weight is 252 g/mol. The third kappa shape index (κ3) is 2.57. The summed E-state index contributed by atoms with van der Waals surface area (Å²) in [4.78, 5) is 27.9. The molecule has 0 unspecified atom stereocenters. The first-order valence-electron chi connectivity index (χ1n) is 6.44. The van der Waals surface area contributed by atoms with Crippen LogP contribution in [0.1, 0.15) is 32.6 Å². The van der Waals surface area contributed by atoms with Crippen molar-refractivity contribution in [3.05, 3.63) is 11.6 Å². The number of allylic oxidation sites excluding steroid dienone is 1. The molecule has 102 valence electrons. The maximum absolute atomic E-state index is 12.4. The third-order valence-corrected chi connectivity index (χ3v) is 3.60. The lowest BCUT2D eigenvalue weighted by molar-refractivity contribution is -0.149. The summed E-state index contributed by atoms with van der Waals surface area (Å²) < 4.78 is 0. The zero-order valence-corrected chi connectivity index (χ0v) is 12.1. The van der Waals surface area contributed by atoms with E-state index in [9.17, 15) is 9.59 Å². The molecule has 0 saturated carbocycles. The number of carbonyl (C=O) groups excluding carboxylic acids is 2. The second-order valence-electron chi connectivity index (χ2n) is 5.50. The van der Waals surface area contributed by atoms with Gasteiger partial charge in [-0.2, -0.15) is 0 Å². The third-order valence-electron chi connectivity index (χ3n) is 3.60. The highest BCUT2D eigenvalue weighted by molar-refractivity contribution is 6.07. The number of carbonyl (C=O) groups is 2. The highest BCUT2D eigenvalue weighted by atomic mass is 16.2. The van der Waals surface area contributed by atoms with Crippen LogP contribution in [0.15, 0.2) is 11.6 Å². The van der Waals surface area contributed by atoms with Gasteiger partial charge in [-0.05, 0) is 38.2 Å². The molecular formula is C14H24N2O2. The predicted molar refractivity (Wildman–Crippen MR) is 72.0 cm³/mol. The molecule has 0 spiro atoms. The van der Waals surface area contributed by atoms with Gasteiger partial charge in [0.05, 0.1) is 0 Å². The van der Waals surface area contributed by atoms with E-state index in [0.29, 0.717) is 0 Å². The van der Waals surface area contributed by atoms with E-state index in [1.807, 2.05) is 0 Å². The zero-order valence-electron chi connectivity index (χ0n) is 12.1. The lowest BCUT2D eigenvalue weighted by Gasteiger charge is -2.35. The minimum Gasteiger partial charge on any atom is -0.348 e. The minimum absolute atomic E-state index is 0.130. The predicted octanol–water partition coefficient (Wildman–Crippen LogP) is 1.67. The smallest absolute Gasteiger partial charge is 0.241 e. The fourth-order valence-corrected chi connectivity index (χ4v) is 2.55. The summed E-state index contributed by atoms with van der Waals surface area (Å²) in [6.07, 6.45) is 6.09. The maximum Gasteiger partial charge on any atom is 0.241 e. The van der Waals surface area contributed by atoms with Gasteiger partial charge in [-0.3, -0.25) is 9.59 Å². The van der Waals surface area contributed by atoms with Crippen LogP contribution in [0.5, 0.6) is 0 Å². The van der Waals surface area contributed by atoms with Crippen molar-refractivity contribution in [2.75, 3.05) is 28.2 Å².